The summed E-state index contributed by atoms with van der Waals surface area (Å²) >= 11 is 0. The van der Waals surface area contributed by atoms with Gasteiger partial charge in [-0.05, 0) is 11.1 Å². The Morgan fingerprint density at radius 1 is 0.968 bits per heavy atom. The Morgan fingerprint density at radius 3 is 2.39 bits per heavy atom. The van der Waals surface area contributed by atoms with Gasteiger partial charge in [-0.25, -0.2) is 0 Å². The summed E-state index contributed by atoms with van der Waals surface area (Å²) in [5, 5.41) is 18.7. The van der Waals surface area contributed by atoms with Crippen LogP contribution >= 0.6 is 0 Å². The average molecular weight is 410 g/mol. The molecule has 1 amide bonds. The standard InChI is InChI=1S/C24H18N4O3/c29-24-22-20(21(25-26-22)17-10-5-2-6-11-17)23(18-12-7-13-19(14-18)28(30)31)27(24)15-16-8-3-1-4-9-16/h1-14,23H,15H2,(H,25,26). The van der Waals surface area contributed by atoms with Crippen LogP contribution in [0.5, 0.6) is 0 Å². The Morgan fingerprint density at radius 2 is 1.68 bits per heavy atom. The van der Waals surface area contributed by atoms with Gasteiger partial charge in [-0.2, -0.15) is 5.10 Å². The summed E-state index contributed by atoms with van der Waals surface area (Å²) in [7, 11) is 0. The van der Waals surface area contributed by atoms with Gasteiger partial charge >= 0.3 is 0 Å². The molecule has 1 aromatic heterocycles. The van der Waals surface area contributed by atoms with E-state index in [0.29, 0.717) is 23.5 Å². The van der Waals surface area contributed by atoms with E-state index in [9.17, 15) is 14.9 Å². The molecule has 0 saturated heterocycles. The summed E-state index contributed by atoms with van der Waals surface area (Å²) in [6.45, 7) is 0.379. The fourth-order valence-electron chi connectivity index (χ4n) is 4.11. The molecule has 31 heavy (non-hydrogen) atoms. The Bertz CT molecular complexity index is 1270. The maximum atomic E-state index is 13.4. The number of aromatic amines is 1. The normalized spacial score (nSPS) is 15.2. The van der Waals surface area contributed by atoms with Gasteiger partial charge in [0.15, 0.2) is 0 Å². The number of carbonyl (C=O) groups excluding carboxylic acids is 1. The monoisotopic (exact) mass is 410 g/mol. The van der Waals surface area contributed by atoms with Crippen LogP contribution in [0.15, 0.2) is 84.9 Å². The van der Waals surface area contributed by atoms with Gasteiger partial charge in [-0.1, -0.05) is 72.8 Å². The molecule has 7 heteroatoms. The van der Waals surface area contributed by atoms with Gasteiger partial charge in [0.25, 0.3) is 11.6 Å². The predicted molar refractivity (Wildman–Crippen MR) is 115 cm³/mol. The molecule has 0 radical (unpaired) electrons. The van der Waals surface area contributed by atoms with E-state index in [1.807, 2.05) is 66.7 Å². The van der Waals surface area contributed by atoms with Crippen LogP contribution in [-0.4, -0.2) is 25.9 Å². The van der Waals surface area contributed by atoms with E-state index in [4.69, 9.17) is 0 Å². The molecule has 5 rings (SSSR count). The van der Waals surface area contributed by atoms with Crippen molar-refractivity contribution in [3.63, 3.8) is 0 Å². The Balaban J connectivity index is 1.67. The van der Waals surface area contributed by atoms with Crippen molar-refractivity contribution in [3.05, 3.63) is 117 Å². The Hall–Kier alpha value is -4.26. The van der Waals surface area contributed by atoms with Gasteiger partial charge in [0.2, 0.25) is 0 Å². The molecule has 0 fully saturated rings. The number of benzene rings is 3. The molecule has 1 unspecified atom stereocenters. The number of rotatable bonds is 5. The maximum absolute atomic E-state index is 13.4. The van der Waals surface area contributed by atoms with Crippen molar-refractivity contribution >= 4 is 11.6 Å². The topological polar surface area (TPSA) is 92.1 Å². The third-order valence-electron chi connectivity index (χ3n) is 5.50. The van der Waals surface area contributed by atoms with E-state index in [1.165, 1.54) is 12.1 Å². The maximum Gasteiger partial charge on any atom is 0.273 e. The van der Waals surface area contributed by atoms with Gasteiger partial charge in [0, 0.05) is 29.8 Å². The van der Waals surface area contributed by atoms with Gasteiger partial charge in [-0.3, -0.25) is 20.0 Å². The van der Waals surface area contributed by atoms with Crippen molar-refractivity contribution in [2.45, 2.75) is 12.6 Å². The highest BCUT2D eigenvalue weighted by Gasteiger charge is 2.42. The number of fused-ring (bicyclic) bond motifs is 1. The molecular formula is C24H18N4O3. The second kappa shape index (κ2) is 7.53. The number of amides is 1. The first-order valence-electron chi connectivity index (χ1n) is 9.86. The van der Waals surface area contributed by atoms with Crippen LogP contribution in [0, 0.1) is 10.1 Å². The third kappa shape index (κ3) is 3.26. The summed E-state index contributed by atoms with van der Waals surface area (Å²) < 4.78 is 0. The number of carbonyl (C=O) groups is 1. The molecule has 4 aromatic rings. The zero-order valence-corrected chi connectivity index (χ0v) is 16.4. The Kier molecular flexibility index (Phi) is 4.55. The van der Waals surface area contributed by atoms with Gasteiger partial charge in [0.05, 0.1) is 16.7 Å². The van der Waals surface area contributed by atoms with E-state index in [2.05, 4.69) is 10.2 Å². The first-order chi connectivity index (χ1) is 15.1. The number of nitrogens with one attached hydrogen (secondary N) is 1. The van der Waals surface area contributed by atoms with Crippen LogP contribution < -0.4 is 0 Å². The summed E-state index contributed by atoms with van der Waals surface area (Å²) in [5.74, 6) is -0.176. The summed E-state index contributed by atoms with van der Waals surface area (Å²) in [6.07, 6.45) is 0. The lowest BCUT2D eigenvalue weighted by molar-refractivity contribution is -0.384. The molecule has 7 nitrogen and oxygen atoms in total. The Labute approximate surface area is 178 Å². The molecule has 0 saturated carbocycles. The van der Waals surface area contributed by atoms with Gasteiger partial charge < -0.3 is 4.90 Å². The third-order valence-corrected chi connectivity index (χ3v) is 5.50. The summed E-state index contributed by atoms with van der Waals surface area (Å²) in [6, 6.07) is 25.3. The smallest absolute Gasteiger partial charge is 0.273 e. The molecule has 1 aliphatic heterocycles. The minimum atomic E-state index is -0.489. The van der Waals surface area contributed by atoms with Crippen molar-refractivity contribution in [1.29, 1.82) is 0 Å². The molecule has 2 heterocycles. The number of nitro groups is 1. The lowest BCUT2D eigenvalue weighted by Gasteiger charge is -2.26. The first kappa shape index (κ1) is 18.7. The fraction of sp³-hybridized carbons (Fsp3) is 0.0833. The van der Waals surface area contributed by atoms with E-state index in [1.54, 1.807) is 11.0 Å². The largest absolute Gasteiger partial charge is 0.322 e. The van der Waals surface area contributed by atoms with E-state index >= 15 is 0 Å². The van der Waals surface area contributed by atoms with Gasteiger partial charge in [-0.15, -0.1) is 0 Å². The van der Waals surface area contributed by atoms with E-state index < -0.39 is 11.0 Å². The molecule has 0 spiro atoms. The summed E-state index contributed by atoms with van der Waals surface area (Å²) in [4.78, 5) is 26.1. The number of H-pyrrole nitrogens is 1. The van der Waals surface area contributed by atoms with Crippen LogP contribution in [-0.2, 0) is 6.54 Å². The number of hydrogen-bond donors (Lipinski definition) is 1. The van der Waals surface area contributed by atoms with Gasteiger partial charge in [0.1, 0.15) is 5.69 Å². The quantitative estimate of drug-likeness (QED) is 0.380. The second-order valence-corrected chi connectivity index (χ2v) is 7.40. The molecule has 0 bridgehead atoms. The fourth-order valence-corrected chi connectivity index (χ4v) is 4.11. The number of nitro benzene ring substituents is 1. The zero-order valence-electron chi connectivity index (χ0n) is 16.4. The zero-order chi connectivity index (χ0) is 21.4. The van der Waals surface area contributed by atoms with E-state index in [-0.39, 0.29) is 11.6 Å². The predicted octanol–water partition coefficient (Wildman–Crippen LogP) is 4.73. The second-order valence-electron chi connectivity index (χ2n) is 7.40. The first-order valence-corrected chi connectivity index (χ1v) is 9.86. The number of aromatic nitrogens is 2. The van der Waals surface area contributed by atoms with Crippen molar-refractivity contribution in [3.8, 4) is 11.3 Å². The van der Waals surface area contributed by atoms with Crippen molar-refractivity contribution in [2.75, 3.05) is 0 Å². The van der Waals surface area contributed by atoms with Crippen molar-refractivity contribution in [2.24, 2.45) is 0 Å². The highest BCUT2D eigenvalue weighted by Crippen LogP contribution is 2.43. The lowest BCUT2D eigenvalue weighted by Crippen LogP contribution is -2.29. The molecule has 1 atom stereocenters. The molecule has 0 aliphatic carbocycles. The van der Waals surface area contributed by atoms with Crippen molar-refractivity contribution < 1.29 is 9.72 Å². The molecule has 1 aliphatic rings. The van der Waals surface area contributed by atoms with Crippen LogP contribution in [0.3, 0.4) is 0 Å². The summed E-state index contributed by atoms with van der Waals surface area (Å²) in [5.41, 5.74) is 4.36. The van der Waals surface area contributed by atoms with Crippen LogP contribution in [0.2, 0.25) is 0 Å². The highest BCUT2D eigenvalue weighted by molar-refractivity contribution is 6.00. The number of non-ortho nitro benzene ring substituents is 1. The number of nitrogens with zero attached hydrogens (tertiary/aromatic N) is 3. The SMILES string of the molecule is O=C1c2[nH]nc(-c3ccccc3)c2C(c2cccc([N+](=O)[O-])c2)N1Cc1ccccc1. The number of hydrogen-bond acceptors (Lipinski definition) is 4. The minimum Gasteiger partial charge on any atom is -0.322 e. The molecule has 1 N–H and O–H groups in total. The lowest BCUT2D eigenvalue weighted by atomic mass is 9.95. The average Bonchev–Trinajstić information content (AvgIpc) is 3.34. The molecule has 3 aromatic carbocycles. The minimum absolute atomic E-state index is 0.0113. The molecule has 152 valence electrons. The van der Waals surface area contributed by atoms with Crippen molar-refractivity contribution in [1.82, 2.24) is 15.1 Å². The van der Waals surface area contributed by atoms with Crippen LogP contribution in [0.1, 0.15) is 33.2 Å². The van der Waals surface area contributed by atoms with Crippen LogP contribution in [0.25, 0.3) is 11.3 Å². The highest BCUT2D eigenvalue weighted by atomic mass is 16.6. The van der Waals surface area contributed by atoms with E-state index in [0.717, 1.165) is 16.7 Å². The van der Waals surface area contributed by atoms with Crippen LogP contribution in [0.4, 0.5) is 5.69 Å². The molecular weight excluding hydrogens is 392 g/mol.